The van der Waals surface area contributed by atoms with Crippen molar-refractivity contribution in [2.75, 3.05) is 0 Å². The molecule has 0 saturated heterocycles. The van der Waals surface area contributed by atoms with Gasteiger partial charge in [0.05, 0.1) is 5.54 Å². The Balaban J connectivity index is 0.00000361. The van der Waals surface area contributed by atoms with E-state index in [4.69, 9.17) is 5.73 Å². The SMILES string of the molecule is CCCC(C)(N)C(=O)NC(C)C(C)c1ccccc1.Cl. The number of benzene rings is 1. The van der Waals surface area contributed by atoms with Gasteiger partial charge in [-0.15, -0.1) is 12.4 Å². The fraction of sp³-hybridized carbons (Fsp3) is 0.562. The second-order valence-corrected chi connectivity index (χ2v) is 5.63. The summed E-state index contributed by atoms with van der Waals surface area (Å²) in [6.45, 7) is 7.98. The van der Waals surface area contributed by atoms with Crippen molar-refractivity contribution in [2.24, 2.45) is 5.73 Å². The van der Waals surface area contributed by atoms with Gasteiger partial charge in [-0.05, 0) is 25.8 Å². The minimum atomic E-state index is -0.778. The number of nitrogens with one attached hydrogen (secondary N) is 1. The molecule has 3 atom stereocenters. The molecule has 0 fully saturated rings. The largest absolute Gasteiger partial charge is 0.351 e. The van der Waals surface area contributed by atoms with Crippen molar-refractivity contribution in [3.05, 3.63) is 35.9 Å². The summed E-state index contributed by atoms with van der Waals surface area (Å²) < 4.78 is 0. The third-order valence-electron chi connectivity index (χ3n) is 3.72. The van der Waals surface area contributed by atoms with Gasteiger partial charge in [0.15, 0.2) is 0 Å². The Hall–Kier alpha value is -1.06. The van der Waals surface area contributed by atoms with Crippen LogP contribution in [0.25, 0.3) is 0 Å². The maximum atomic E-state index is 12.2. The topological polar surface area (TPSA) is 55.1 Å². The maximum Gasteiger partial charge on any atom is 0.240 e. The van der Waals surface area contributed by atoms with Gasteiger partial charge in [-0.2, -0.15) is 0 Å². The van der Waals surface area contributed by atoms with Crippen molar-refractivity contribution >= 4 is 18.3 Å². The molecular weight excluding hydrogens is 272 g/mol. The van der Waals surface area contributed by atoms with Crippen molar-refractivity contribution in [1.29, 1.82) is 0 Å². The number of hydrogen-bond acceptors (Lipinski definition) is 2. The Bertz CT molecular complexity index is 406. The number of hydrogen-bond donors (Lipinski definition) is 2. The molecule has 0 saturated carbocycles. The molecule has 1 aromatic rings. The Kier molecular flexibility index (Phi) is 7.84. The van der Waals surface area contributed by atoms with E-state index in [-0.39, 0.29) is 30.3 Å². The smallest absolute Gasteiger partial charge is 0.240 e. The number of carbonyl (C=O) groups excluding carboxylic acids is 1. The molecule has 4 heteroatoms. The lowest BCUT2D eigenvalue weighted by Gasteiger charge is -2.28. The highest BCUT2D eigenvalue weighted by Gasteiger charge is 2.29. The van der Waals surface area contributed by atoms with Crippen LogP contribution in [0, 0.1) is 0 Å². The number of halogens is 1. The summed E-state index contributed by atoms with van der Waals surface area (Å²) in [5, 5.41) is 3.04. The highest BCUT2D eigenvalue weighted by molar-refractivity contribution is 5.86. The minimum absolute atomic E-state index is 0. The molecule has 1 rings (SSSR count). The Morgan fingerprint density at radius 2 is 1.85 bits per heavy atom. The highest BCUT2D eigenvalue weighted by Crippen LogP contribution is 2.19. The normalized spacial score (nSPS) is 16.4. The third-order valence-corrected chi connectivity index (χ3v) is 3.72. The van der Waals surface area contributed by atoms with Crippen molar-refractivity contribution < 1.29 is 4.79 Å². The fourth-order valence-electron chi connectivity index (χ4n) is 2.17. The summed E-state index contributed by atoms with van der Waals surface area (Å²) in [7, 11) is 0. The van der Waals surface area contributed by atoms with Crippen molar-refractivity contribution in [2.45, 2.75) is 58.0 Å². The van der Waals surface area contributed by atoms with Gasteiger partial charge in [0, 0.05) is 12.0 Å². The van der Waals surface area contributed by atoms with Crippen molar-refractivity contribution in [3.63, 3.8) is 0 Å². The van der Waals surface area contributed by atoms with Crippen LogP contribution in [0.3, 0.4) is 0 Å². The van der Waals surface area contributed by atoms with Gasteiger partial charge in [-0.25, -0.2) is 0 Å². The minimum Gasteiger partial charge on any atom is -0.351 e. The Labute approximate surface area is 128 Å². The molecule has 3 nitrogen and oxygen atoms in total. The Morgan fingerprint density at radius 1 is 1.30 bits per heavy atom. The van der Waals surface area contributed by atoms with E-state index in [1.807, 2.05) is 32.0 Å². The van der Waals surface area contributed by atoms with Gasteiger partial charge in [0.1, 0.15) is 0 Å². The number of rotatable bonds is 6. The van der Waals surface area contributed by atoms with Crippen molar-refractivity contribution in [3.8, 4) is 0 Å². The van der Waals surface area contributed by atoms with Gasteiger partial charge < -0.3 is 11.1 Å². The fourth-order valence-corrected chi connectivity index (χ4v) is 2.17. The van der Waals surface area contributed by atoms with E-state index >= 15 is 0 Å². The summed E-state index contributed by atoms with van der Waals surface area (Å²) in [6.07, 6.45) is 1.61. The monoisotopic (exact) mass is 298 g/mol. The molecule has 0 aliphatic carbocycles. The van der Waals surface area contributed by atoms with Crippen LogP contribution in [-0.4, -0.2) is 17.5 Å². The molecule has 3 N–H and O–H groups in total. The van der Waals surface area contributed by atoms with Crippen LogP contribution < -0.4 is 11.1 Å². The van der Waals surface area contributed by atoms with Gasteiger partial charge in [-0.3, -0.25) is 4.79 Å². The van der Waals surface area contributed by atoms with Gasteiger partial charge in [0.2, 0.25) is 5.91 Å². The Morgan fingerprint density at radius 3 is 2.35 bits per heavy atom. The molecular formula is C16H27ClN2O. The van der Waals surface area contributed by atoms with Crippen LogP contribution in [0.4, 0.5) is 0 Å². The molecule has 0 bridgehead atoms. The summed E-state index contributed by atoms with van der Waals surface area (Å²) in [5.74, 6) is 0.201. The van der Waals surface area contributed by atoms with E-state index < -0.39 is 5.54 Å². The van der Waals surface area contributed by atoms with E-state index in [9.17, 15) is 4.79 Å². The molecule has 0 aromatic heterocycles. The molecule has 1 amide bonds. The molecule has 0 heterocycles. The van der Waals surface area contributed by atoms with E-state index in [0.717, 1.165) is 6.42 Å². The predicted octanol–water partition coefficient (Wildman–Crippen LogP) is 3.23. The molecule has 0 aliphatic rings. The third kappa shape index (κ3) is 5.14. The van der Waals surface area contributed by atoms with Crippen LogP contribution in [0.5, 0.6) is 0 Å². The van der Waals surface area contributed by atoms with Gasteiger partial charge in [-0.1, -0.05) is 50.6 Å². The first kappa shape index (κ1) is 18.9. The van der Waals surface area contributed by atoms with Gasteiger partial charge >= 0.3 is 0 Å². The molecule has 0 spiro atoms. The second kappa shape index (κ2) is 8.28. The first-order valence-corrected chi connectivity index (χ1v) is 7.03. The van der Waals surface area contributed by atoms with E-state index in [2.05, 4.69) is 24.4 Å². The zero-order valence-electron chi connectivity index (χ0n) is 12.8. The zero-order valence-corrected chi connectivity index (χ0v) is 13.7. The predicted molar refractivity (Wildman–Crippen MR) is 87.2 cm³/mol. The summed E-state index contributed by atoms with van der Waals surface area (Å²) >= 11 is 0. The lowest BCUT2D eigenvalue weighted by atomic mass is 9.92. The van der Waals surface area contributed by atoms with E-state index in [0.29, 0.717) is 6.42 Å². The average Bonchev–Trinajstić information content (AvgIpc) is 2.38. The molecule has 114 valence electrons. The molecule has 0 aliphatic heterocycles. The second-order valence-electron chi connectivity index (χ2n) is 5.63. The molecule has 20 heavy (non-hydrogen) atoms. The van der Waals surface area contributed by atoms with Crippen LogP contribution >= 0.6 is 12.4 Å². The van der Waals surface area contributed by atoms with Crippen LogP contribution in [-0.2, 0) is 4.79 Å². The standard InChI is InChI=1S/C16H26N2O.ClH/c1-5-11-16(4,17)15(19)18-13(3)12(2)14-9-7-6-8-10-14;/h6-10,12-13H,5,11,17H2,1-4H3,(H,18,19);1H. The number of carbonyl (C=O) groups is 1. The summed E-state index contributed by atoms with van der Waals surface area (Å²) in [4.78, 5) is 12.2. The molecule has 0 radical (unpaired) electrons. The first-order valence-electron chi connectivity index (χ1n) is 7.03. The lowest BCUT2D eigenvalue weighted by molar-refractivity contribution is -0.126. The summed E-state index contributed by atoms with van der Waals surface area (Å²) in [6, 6.07) is 10.3. The number of amides is 1. The van der Waals surface area contributed by atoms with Crippen LogP contribution in [0.15, 0.2) is 30.3 Å². The molecule has 3 unspecified atom stereocenters. The highest BCUT2D eigenvalue weighted by atomic mass is 35.5. The first-order chi connectivity index (χ1) is 8.88. The van der Waals surface area contributed by atoms with Gasteiger partial charge in [0.25, 0.3) is 0 Å². The van der Waals surface area contributed by atoms with Crippen LogP contribution in [0.1, 0.15) is 52.0 Å². The van der Waals surface area contributed by atoms with Crippen LogP contribution in [0.2, 0.25) is 0 Å². The quantitative estimate of drug-likeness (QED) is 0.847. The summed E-state index contributed by atoms with van der Waals surface area (Å²) in [5.41, 5.74) is 6.49. The lowest BCUT2D eigenvalue weighted by Crippen LogP contribution is -2.54. The molecule has 1 aromatic carbocycles. The number of nitrogens with two attached hydrogens (primary N) is 1. The van der Waals surface area contributed by atoms with E-state index in [1.54, 1.807) is 6.92 Å². The van der Waals surface area contributed by atoms with E-state index in [1.165, 1.54) is 5.56 Å². The maximum absolute atomic E-state index is 12.2. The van der Waals surface area contributed by atoms with Crippen molar-refractivity contribution in [1.82, 2.24) is 5.32 Å². The zero-order chi connectivity index (χ0) is 14.5. The average molecular weight is 299 g/mol.